The van der Waals surface area contributed by atoms with Crippen LogP contribution in [0.5, 0.6) is 0 Å². The Labute approximate surface area is 102 Å². The molecule has 0 spiro atoms. The molecule has 1 aliphatic carbocycles. The Morgan fingerprint density at radius 2 is 1.81 bits per heavy atom. The van der Waals surface area contributed by atoms with Gasteiger partial charge in [-0.25, -0.2) is 0 Å². The van der Waals surface area contributed by atoms with Crippen LogP contribution in [0.1, 0.15) is 53.9 Å². The highest BCUT2D eigenvalue weighted by molar-refractivity contribution is 4.82. The van der Waals surface area contributed by atoms with E-state index in [0.29, 0.717) is 11.5 Å². The highest BCUT2D eigenvalue weighted by Crippen LogP contribution is 2.27. The third-order valence-electron chi connectivity index (χ3n) is 3.84. The molecule has 96 valence electrons. The molecule has 2 N–H and O–H groups in total. The molecule has 0 aromatic carbocycles. The summed E-state index contributed by atoms with van der Waals surface area (Å²) in [5.74, 6) is 0.781. The molecule has 1 saturated carbocycles. The molecule has 0 aromatic rings. The number of rotatable bonds is 7. The monoisotopic (exact) mass is 226 g/mol. The summed E-state index contributed by atoms with van der Waals surface area (Å²) in [5.41, 5.74) is 0.442. The van der Waals surface area contributed by atoms with E-state index >= 15 is 0 Å². The van der Waals surface area contributed by atoms with Gasteiger partial charge in [-0.05, 0) is 44.1 Å². The van der Waals surface area contributed by atoms with Crippen molar-refractivity contribution in [3.63, 3.8) is 0 Å². The van der Waals surface area contributed by atoms with E-state index in [4.69, 9.17) is 0 Å². The van der Waals surface area contributed by atoms with Crippen LogP contribution in [0.25, 0.3) is 0 Å². The van der Waals surface area contributed by atoms with E-state index < -0.39 is 0 Å². The molecule has 0 radical (unpaired) electrons. The van der Waals surface area contributed by atoms with Crippen molar-refractivity contribution in [2.75, 3.05) is 13.1 Å². The molecule has 1 fully saturated rings. The van der Waals surface area contributed by atoms with Gasteiger partial charge in [-0.1, -0.05) is 27.7 Å². The molecule has 2 unspecified atom stereocenters. The van der Waals surface area contributed by atoms with E-state index in [-0.39, 0.29) is 0 Å². The fourth-order valence-electron chi connectivity index (χ4n) is 1.68. The van der Waals surface area contributed by atoms with Crippen molar-refractivity contribution in [3.05, 3.63) is 0 Å². The SMILES string of the molecule is CC(CNC1CC1)NCCC(C)C(C)(C)C. The zero-order valence-corrected chi connectivity index (χ0v) is 11.8. The van der Waals surface area contributed by atoms with Crippen molar-refractivity contribution in [1.82, 2.24) is 10.6 Å². The van der Waals surface area contributed by atoms with E-state index in [9.17, 15) is 0 Å². The van der Waals surface area contributed by atoms with Gasteiger partial charge >= 0.3 is 0 Å². The van der Waals surface area contributed by atoms with Crippen molar-refractivity contribution in [1.29, 1.82) is 0 Å². The first kappa shape index (κ1) is 14.0. The van der Waals surface area contributed by atoms with E-state index in [1.165, 1.54) is 19.3 Å². The number of hydrogen-bond donors (Lipinski definition) is 2. The van der Waals surface area contributed by atoms with Crippen LogP contribution in [-0.4, -0.2) is 25.2 Å². The second-order valence-corrected chi connectivity index (χ2v) is 6.59. The Balaban J connectivity index is 2.00. The average Bonchev–Trinajstić information content (AvgIpc) is 2.96. The fourth-order valence-corrected chi connectivity index (χ4v) is 1.68. The third kappa shape index (κ3) is 5.86. The maximum atomic E-state index is 3.61. The number of nitrogens with one attached hydrogen (secondary N) is 2. The second-order valence-electron chi connectivity index (χ2n) is 6.59. The molecule has 0 aliphatic heterocycles. The molecule has 0 heterocycles. The summed E-state index contributed by atoms with van der Waals surface area (Å²) in [4.78, 5) is 0. The normalized spacial score (nSPS) is 20.8. The van der Waals surface area contributed by atoms with Gasteiger partial charge in [0.15, 0.2) is 0 Å². The topological polar surface area (TPSA) is 24.1 Å². The number of hydrogen-bond acceptors (Lipinski definition) is 2. The first-order chi connectivity index (χ1) is 7.39. The van der Waals surface area contributed by atoms with Gasteiger partial charge in [0.05, 0.1) is 0 Å². The van der Waals surface area contributed by atoms with Crippen molar-refractivity contribution >= 4 is 0 Å². The lowest BCUT2D eigenvalue weighted by Gasteiger charge is -2.27. The second kappa shape index (κ2) is 6.02. The maximum Gasteiger partial charge on any atom is 0.0164 e. The van der Waals surface area contributed by atoms with Gasteiger partial charge in [0, 0.05) is 18.6 Å². The Morgan fingerprint density at radius 1 is 1.19 bits per heavy atom. The Kier molecular flexibility index (Phi) is 5.26. The van der Waals surface area contributed by atoms with Crippen molar-refractivity contribution in [2.45, 2.75) is 66.0 Å². The lowest BCUT2D eigenvalue weighted by Crippen LogP contribution is -2.38. The van der Waals surface area contributed by atoms with E-state index in [1.54, 1.807) is 0 Å². The van der Waals surface area contributed by atoms with Gasteiger partial charge in [0.2, 0.25) is 0 Å². The summed E-state index contributed by atoms with van der Waals surface area (Å²) in [6, 6.07) is 1.44. The third-order valence-corrected chi connectivity index (χ3v) is 3.84. The zero-order chi connectivity index (χ0) is 12.2. The lowest BCUT2D eigenvalue weighted by molar-refractivity contribution is 0.242. The Hall–Kier alpha value is -0.0800. The van der Waals surface area contributed by atoms with Crippen LogP contribution in [0.4, 0.5) is 0 Å². The highest BCUT2D eigenvalue weighted by atomic mass is 15.0. The predicted octanol–water partition coefficient (Wildman–Crippen LogP) is 2.79. The minimum atomic E-state index is 0.442. The molecule has 0 saturated heterocycles. The highest BCUT2D eigenvalue weighted by Gasteiger charge is 2.21. The smallest absolute Gasteiger partial charge is 0.0164 e. The molecule has 0 aromatic heterocycles. The maximum absolute atomic E-state index is 3.61. The van der Waals surface area contributed by atoms with Crippen molar-refractivity contribution in [2.24, 2.45) is 11.3 Å². The minimum Gasteiger partial charge on any atom is -0.313 e. The summed E-state index contributed by atoms with van der Waals surface area (Å²) in [6.45, 7) is 13.9. The Morgan fingerprint density at radius 3 is 2.31 bits per heavy atom. The van der Waals surface area contributed by atoms with Gasteiger partial charge in [-0.3, -0.25) is 0 Å². The summed E-state index contributed by atoms with van der Waals surface area (Å²) >= 11 is 0. The van der Waals surface area contributed by atoms with E-state index in [2.05, 4.69) is 45.3 Å². The van der Waals surface area contributed by atoms with Crippen molar-refractivity contribution in [3.8, 4) is 0 Å². The Bertz CT molecular complexity index is 191. The molecule has 2 nitrogen and oxygen atoms in total. The van der Waals surface area contributed by atoms with Gasteiger partial charge in [0.25, 0.3) is 0 Å². The van der Waals surface area contributed by atoms with Gasteiger partial charge in [-0.2, -0.15) is 0 Å². The fraction of sp³-hybridized carbons (Fsp3) is 1.00. The molecule has 2 heteroatoms. The van der Waals surface area contributed by atoms with Crippen LogP contribution in [-0.2, 0) is 0 Å². The quantitative estimate of drug-likeness (QED) is 0.697. The minimum absolute atomic E-state index is 0.442. The average molecular weight is 226 g/mol. The molecule has 16 heavy (non-hydrogen) atoms. The molecule has 0 bridgehead atoms. The predicted molar refractivity (Wildman–Crippen MR) is 71.7 cm³/mol. The molecule has 1 aliphatic rings. The van der Waals surface area contributed by atoms with Crippen molar-refractivity contribution < 1.29 is 0 Å². The van der Waals surface area contributed by atoms with Crippen LogP contribution in [0.2, 0.25) is 0 Å². The van der Waals surface area contributed by atoms with Gasteiger partial charge < -0.3 is 10.6 Å². The first-order valence-electron chi connectivity index (χ1n) is 6.86. The van der Waals surface area contributed by atoms with Crippen LogP contribution >= 0.6 is 0 Å². The molecular weight excluding hydrogens is 196 g/mol. The van der Waals surface area contributed by atoms with Crippen LogP contribution < -0.4 is 10.6 Å². The molecule has 2 atom stereocenters. The van der Waals surface area contributed by atoms with Crippen LogP contribution in [0.3, 0.4) is 0 Å². The van der Waals surface area contributed by atoms with Gasteiger partial charge in [0.1, 0.15) is 0 Å². The van der Waals surface area contributed by atoms with Gasteiger partial charge in [-0.15, -0.1) is 0 Å². The first-order valence-corrected chi connectivity index (χ1v) is 6.86. The largest absolute Gasteiger partial charge is 0.313 e. The lowest BCUT2D eigenvalue weighted by atomic mass is 9.80. The zero-order valence-electron chi connectivity index (χ0n) is 11.8. The summed E-state index contributed by atoms with van der Waals surface area (Å²) in [6.07, 6.45) is 4.04. The molecular formula is C14H30N2. The molecule has 0 amide bonds. The standard InChI is InChI=1S/C14H30N2/c1-11(14(3,4)5)8-9-15-12(2)10-16-13-6-7-13/h11-13,15-16H,6-10H2,1-5H3. The summed E-state index contributed by atoms with van der Waals surface area (Å²) in [5, 5.41) is 7.17. The summed E-state index contributed by atoms with van der Waals surface area (Å²) < 4.78 is 0. The van der Waals surface area contributed by atoms with Crippen LogP contribution in [0.15, 0.2) is 0 Å². The summed E-state index contributed by atoms with van der Waals surface area (Å²) in [7, 11) is 0. The van der Waals surface area contributed by atoms with E-state index in [0.717, 1.165) is 25.0 Å². The van der Waals surface area contributed by atoms with E-state index in [1.807, 2.05) is 0 Å². The molecule has 1 rings (SSSR count). The van der Waals surface area contributed by atoms with Crippen LogP contribution in [0, 0.1) is 11.3 Å².